The minimum atomic E-state index is 0.0266. The number of carbonyl (C=O) groups excluding carboxylic acids is 1. The summed E-state index contributed by atoms with van der Waals surface area (Å²) >= 11 is 2.84. The van der Waals surface area contributed by atoms with Crippen molar-refractivity contribution >= 4 is 34.1 Å². The van der Waals surface area contributed by atoms with Crippen molar-refractivity contribution in [3.63, 3.8) is 0 Å². The average Bonchev–Trinajstić information content (AvgIpc) is 2.63. The maximum atomic E-state index is 11.1. The van der Waals surface area contributed by atoms with E-state index in [1.54, 1.807) is 7.05 Å². The van der Waals surface area contributed by atoms with Crippen LogP contribution in [-0.4, -0.2) is 35.4 Å². The van der Waals surface area contributed by atoms with E-state index in [4.69, 9.17) is 0 Å². The average molecular weight is 232 g/mol. The zero-order chi connectivity index (χ0) is 10.4. The Kier molecular flexibility index (Phi) is 4.68. The molecule has 1 heterocycles. The molecule has 0 spiro atoms. The van der Waals surface area contributed by atoms with E-state index >= 15 is 0 Å². The maximum absolute atomic E-state index is 11.1. The van der Waals surface area contributed by atoms with Gasteiger partial charge in [-0.2, -0.15) is 0 Å². The predicted octanol–water partition coefficient (Wildman–Crippen LogP) is 0.808. The molecule has 78 valence electrons. The van der Waals surface area contributed by atoms with Gasteiger partial charge in [-0.1, -0.05) is 23.1 Å². The van der Waals surface area contributed by atoms with E-state index in [1.165, 1.54) is 23.1 Å². The molecule has 1 rings (SSSR count). The topological polar surface area (TPSA) is 66.9 Å². The van der Waals surface area contributed by atoms with Crippen molar-refractivity contribution in [3.05, 3.63) is 0 Å². The van der Waals surface area contributed by atoms with E-state index in [0.29, 0.717) is 12.3 Å². The van der Waals surface area contributed by atoms with Crippen molar-refractivity contribution in [1.82, 2.24) is 15.5 Å². The number of carbonyl (C=O) groups is 1. The Balaban J connectivity index is 2.34. The number of nitrogens with one attached hydrogen (secondary N) is 2. The first-order valence-electron chi connectivity index (χ1n) is 4.17. The summed E-state index contributed by atoms with van der Waals surface area (Å²) in [5.41, 5.74) is 0. The predicted molar refractivity (Wildman–Crippen MR) is 58.9 cm³/mol. The molecule has 1 aromatic rings. The summed E-state index contributed by atoms with van der Waals surface area (Å²) in [5.74, 6) is 0.422. The van der Waals surface area contributed by atoms with Gasteiger partial charge in [-0.15, -0.1) is 10.2 Å². The molecule has 0 atom stereocenters. The Morgan fingerprint density at radius 2 is 2.36 bits per heavy atom. The van der Waals surface area contributed by atoms with Crippen LogP contribution in [0.2, 0.25) is 0 Å². The molecule has 0 saturated heterocycles. The third kappa shape index (κ3) is 3.51. The number of hydrogen-bond acceptors (Lipinski definition) is 6. The molecular formula is C7H12N4OS2. The minimum absolute atomic E-state index is 0.0266. The van der Waals surface area contributed by atoms with Crippen LogP contribution in [0.3, 0.4) is 0 Å². The summed E-state index contributed by atoms with van der Waals surface area (Å²) in [6.07, 6.45) is 0. The molecule has 5 nitrogen and oxygen atoms in total. The molecule has 0 unspecified atom stereocenters. The fraction of sp³-hybridized carbons (Fsp3) is 0.571. The first kappa shape index (κ1) is 11.3. The molecule has 0 bridgehead atoms. The number of thioether (sulfide) groups is 1. The van der Waals surface area contributed by atoms with Crippen LogP contribution >= 0.6 is 23.1 Å². The second kappa shape index (κ2) is 5.82. The number of amides is 1. The molecule has 0 aromatic carbocycles. The molecular weight excluding hydrogens is 220 g/mol. The monoisotopic (exact) mass is 232 g/mol. The quantitative estimate of drug-likeness (QED) is 0.735. The minimum Gasteiger partial charge on any atom is -0.363 e. The Bertz CT molecular complexity index is 302. The van der Waals surface area contributed by atoms with Gasteiger partial charge in [-0.25, -0.2) is 0 Å². The molecule has 0 saturated carbocycles. The van der Waals surface area contributed by atoms with Gasteiger partial charge in [0, 0.05) is 13.6 Å². The van der Waals surface area contributed by atoms with E-state index in [2.05, 4.69) is 20.8 Å². The highest BCUT2D eigenvalue weighted by atomic mass is 32.2. The fourth-order valence-corrected chi connectivity index (χ4v) is 2.28. The zero-order valence-corrected chi connectivity index (χ0v) is 9.67. The molecule has 1 amide bonds. The first-order valence-corrected chi connectivity index (χ1v) is 5.97. The molecule has 0 radical (unpaired) electrons. The first-order chi connectivity index (χ1) is 6.76. The second-order valence-electron chi connectivity index (χ2n) is 2.37. The van der Waals surface area contributed by atoms with Crippen LogP contribution in [-0.2, 0) is 4.79 Å². The summed E-state index contributed by atoms with van der Waals surface area (Å²) in [6, 6.07) is 0. The zero-order valence-electron chi connectivity index (χ0n) is 8.03. The smallest absolute Gasteiger partial charge is 0.230 e. The number of nitrogens with zero attached hydrogens (tertiary/aromatic N) is 2. The van der Waals surface area contributed by atoms with Crippen molar-refractivity contribution in [2.24, 2.45) is 0 Å². The molecule has 1 aromatic heterocycles. The lowest BCUT2D eigenvalue weighted by atomic mass is 10.6. The van der Waals surface area contributed by atoms with E-state index in [9.17, 15) is 4.79 Å². The van der Waals surface area contributed by atoms with Crippen LogP contribution in [0, 0.1) is 0 Å². The van der Waals surface area contributed by atoms with Crippen LogP contribution in [0.5, 0.6) is 0 Å². The van der Waals surface area contributed by atoms with Gasteiger partial charge in [0.2, 0.25) is 11.0 Å². The molecule has 7 heteroatoms. The Morgan fingerprint density at radius 1 is 1.57 bits per heavy atom. The Hall–Kier alpha value is -0.820. The van der Waals surface area contributed by atoms with Gasteiger partial charge >= 0.3 is 0 Å². The lowest BCUT2D eigenvalue weighted by Gasteiger charge is -1.98. The van der Waals surface area contributed by atoms with Gasteiger partial charge in [0.1, 0.15) is 0 Å². The normalized spacial score (nSPS) is 9.86. The van der Waals surface area contributed by atoms with E-state index in [-0.39, 0.29) is 5.91 Å². The number of anilines is 1. The lowest BCUT2D eigenvalue weighted by Crippen LogP contribution is -2.24. The lowest BCUT2D eigenvalue weighted by molar-refractivity contribution is -0.118. The summed E-state index contributed by atoms with van der Waals surface area (Å²) in [6.45, 7) is 2.56. The van der Waals surface area contributed by atoms with Crippen LogP contribution in [0.4, 0.5) is 5.13 Å². The van der Waals surface area contributed by atoms with Gasteiger partial charge in [-0.05, 0) is 6.92 Å². The summed E-state index contributed by atoms with van der Waals surface area (Å²) < 4.78 is 0.806. The largest absolute Gasteiger partial charge is 0.363 e. The highest BCUT2D eigenvalue weighted by Crippen LogP contribution is 2.24. The number of rotatable bonds is 5. The van der Waals surface area contributed by atoms with E-state index in [1.807, 2.05) is 6.92 Å². The summed E-state index contributed by atoms with van der Waals surface area (Å²) in [4.78, 5) is 11.1. The maximum Gasteiger partial charge on any atom is 0.230 e. The summed E-state index contributed by atoms with van der Waals surface area (Å²) in [7, 11) is 1.79. The van der Waals surface area contributed by atoms with E-state index in [0.717, 1.165) is 9.47 Å². The number of hydrogen-bond donors (Lipinski definition) is 2. The highest BCUT2D eigenvalue weighted by molar-refractivity contribution is 8.01. The van der Waals surface area contributed by atoms with Crippen molar-refractivity contribution in [2.75, 3.05) is 24.7 Å². The Labute approximate surface area is 90.7 Å². The molecule has 0 fully saturated rings. The van der Waals surface area contributed by atoms with Crippen molar-refractivity contribution in [1.29, 1.82) is 0 Å². The highest BCUT2D eigenvalue weighted by Gasteiger charge is 2.05. The molecule has 14 heavy (non-hydrogen) atoms. The third-order valence-corrected chi connectivity index (χ3v) is 3.40. The molecule has 0 aliphatic carbocycles. The van der Waals surface area contributed by atoms with Gasteiger partial charge in [0.25, 0.3) is 0 Å². The third-order valence-electron chi connectivity index (χ3n) is 1.32. The number of aromatic nitrogens is 2. The summed E-state index contributed by atoms with van der Waals surface area (Å²) in [5, 5.41) is 14.1. The molecule has 0 aliphatic rings. The van der Waals surface area contributed by atoms with Gasteiger partial charge < -0.3 is 10.6 Å². The molecule has 0 aliphatic heterocycles. The second-order valence-corrected chi connectivity index (χ2v) is 4.57. The fourth-order valence-electron chi connectivity index (χ4n) is 0.745. The van der Waals surface area contributed by atoms with Crippen molar-refractivity contribution in [3.8, 4) is 0 Å². The van der Waals surface area contributed by atoms with Gasteiger partial charge in [0.05, 0.1) is 5.75 Å². The SMILES string of the molecule is CCNC(=O)CSc1nnc(NC)s1. The van der Waals surface area contributed by atoms with Crippen LogP contribution < -0.4 is 10.6 Å². The van der Waals surface area contributed by atoms with Gasteiger partial charge in [-0.3, -0.25) is 4.79 Å². The van der Waals surface area contributed by atoms with Gasteiger partial charge in [0.15, 0.2) is 4.34 Å². The van der Waals surface area contributed by atoms with Crippen LogP contribution in [0.25, 0.3) is 0 Å². The van der Waals surface area contributed by atoms with Crippen molar-refractivity contribution < 1.29 is 4.79 Å². The molecule has 2 N–H and O–H groups in total. The van der Waals surface area contributed by atoms with E-state index < -0.39 is 0 Å². The van der Waals surface area contributed by atoms with Crippen LogP contribution in [0.15, 0.2) is 4.34 Å². The van der Waals surface area contributed by atoms with Crippen molar-refractivity contribution in [2.45, 2.75) is 11.3 Å². The Morgan fingerprint density at radius 3 is 2.93 bits per heavy atom. The standard InChI is InChI=1S/C7H12N4OS2/c1-3-9-5(12)4-13-7-11-10-6(8-2)14-7/h3-4H2,1-2H3,(H,8,10)(H,9,12). The van der Waals surface area contributed by atoms with Crippen LogP contribution in [0.1, 0.15) is 6.92 Å².